The molecule has 2 aromatic carbocycles. The Bertz CT molecular complexity index is 635. The summed E-state index contributed by atoms with van der Waals surface area (Å²) in [7, 11) is 0. The molecule has 0 saturated heterocycles. The molecule has 0 spiro atoms. The first-order valence-electron chi connectivity index (χ1n) is 7.67. The van der Waals surface area contributed by atoms with Gasteiger partial charge in [-0.3, -0.25) is 0 Å². The maximum atomic E-state index is 12.3. The van der Waals surface area contributed by atoms with Gasteiger partial charge in [0.2, 0.25) is 0 Å². The van der Waals surface area contributed by atoms with Gasteiger partial charge >= 0.3 is 6.03 Å². The lowest BCUT2D eigenvalue weighted by molar-refractivity contribution is 0.244. The van der Waals surface area contributed by atoms with Crippen LogP contribution in [0.5, 0.6) is 0 Å². The Kier molecular flexibility index (Phi) is 5.21. The molecule has 0 heterocycles. The van der Waals surface area contributed by atoms with Crippen LogP contribution >= 0.6 is 0 Å². The second-order valence-electron chi connectivity index (χ2n) is 5.98. The maximum Gasteiger partial charge on any atom is 0.319 e. The minimum Gasteiger partial charge on any atom is -0.331 e. The van der Waals surface area contributed by atoms with E-state index in [-0.39, 0.29) is 12.1 Å². The Morgan fingerprint density at radius 3 is 2.27 bits per heavy atom. The summed E-state index contributed by atoms with van der Waals surface area (Å²) < 4.78 is 0. The predicted molar refractivity (Wildman–Crippen MR) is 92.1 cm³/mol. The summed E-state index contributed by atoms with van der Waals surface area (Å²) in [6.07, 6.45) is 0. The summed E-state index contributed by atoms with van der Waals surface area (Å²) >= 11 is 0. The summed E-state index contributed by atoms with van der Waals surface area (Å²) in [4.78, 5) is 12.3. The van der Waals surface area contributed by atoms with Crippen molar-refractivity contribution in [3.63, 3.8) is 0 Å². The Morgan fingerprint density at radius 1 is 0.955 bits per heavy atom. The molecular weight excluding hydrogens is 272 g/mol. The smallest absolute Gasteiger partial charge is 0.319 e. The summed E-state index contributed by atoms with van der Waals surface area (Å²) in [6, 6.07) is 15.8. The van der Waals surface area contributed by atoms with Crippen molar-refractivity contribution >= 4 is 11.7 Å². The fourth-order valence-corrected chi connectivity index (χ4v) is 2.48. The zero-order chi connectivity index (χ0) is 16.1. The van der Waals surface area contributed by atoms with E-state index in [4.69, 9.17) is 0 Å². The van der Waals surface area contributed by atoms with Gasteiger partial charge in [-0.05, 0) is 42.5 Å². The molecule has 1 unspecified atom stereocenters. The molecule has 0 bridgehead atoms. The summed E-state index contributed by atoms with van der Waals surface area (Å²) in [5.74, 6) is 0.312. The third-order valence-corrected chi connectivity index (χ3v) is 3.96. The zero-order valence-electron chi connectivity index (χ0n) is 13.7. The number of anilines is 1. The first-order chi connectivity index (χ1) is 10.5. The van der Waals surface area contributed by atoms with E-state index in [1.165, 1.54) is 5.56 Å². The van der Waals surface area contributed by atoms with Gasteiger partial charge in [0.1, 0.15) is 0 Å². The van der Waals surface area contributed by atoms with Gasteiger partial charge in [-0.15, -0.1) is 0 Å². The van der Waals surface area contributed by atoms with Gasteiger partial charge in [0, 0.05) is 5.69 Å². The molecular formula is C19H24N2O. The number of nitrogens with one attached hydrogen (secondary N) is 2. The number of hydrogen-bond donors (Lipinski definition) is 2. The highest BCUT2D eigenvalue weighted by atomic mass is 16.2. The Morgan fingerprint density at radius 2 is 1.64 bits per heavy atom. The number of rotatable bonds is 4. The molecule has 0 aliphatic rings. The van der Waals surface area contributed by atoms with E-state index in [0.29, 0.717) is 5.92 Å². The van der Waals surface area contributed by atoms with Crippen molar-refractivity contribution in [1.82, 2.24) is 5.32 Å². The zero-order valence-corrected chi connectivity index (χ0v) is 13.7. The third-order valence-electron chi connectivity index (χ3n) is 3.96. The van der Waals surface area contributed by atoms with Crippen molar-refractivity contribution in [3.05, 3.63) is 65.2 Å². The number of amides is 2. The second kappa shape index (κ2) is 7.12. The van der Waals surface area contributed by atoms with Crippen LogP contribution in [0.25, 0.3) is 0 Å². The van der Waals surface area contributed by atoms with Crippen LogP contribution in [0.15, 0.2) is 48.5 Å². The van der Waals surface area contributed by atoms with Crippen molar-refractivity contribution < 1.29 is 4.79 Å². The fraction of sp³-hybridized carbons (Fsp3) is 0.316. The first kappa shape index (κ1) is 16.1. The number of benzene rings is 2. The molecule has 2 aromatic rings. The van der Waals surface area contributed by atoms with Crippen molar-refractivity contribution in [2.24, 2.45) is 5.92 Å². The van der Waals surface area contributed by atoms with Crippen molar-refractivity contribution in [2.75, 3.05) is 5.32 Å². The second-order valence-corrected chi connectivity index (χ2v) is 5.98. The maximum absolute atomic E-state index is 12.3. The molecule has 0 aromatic heterocycles. The van der Waals surface area contributed by atoms with Gasteiger partial charge in [-0.25, -0.2) is 4.79 Å². The van der Waals surface area contributed by atoms with Crippen LogP contribution < -0.4 is 10.6 Å². The van der Waals surface area contributed by atoms with E-state index in [1.807, 2.05) is 62.4 Å². The molecule has 22 heavy (non-hydrogen) atoms. The quantitative estimate of drug-likeness (QED) is 0.834. The lowest BCUT2D eigenvalue weighted by Crippen LogP contribution is -2.35. The van der Waals surface area contributed by atoms with E-state index < -0.39 is 0 Å². The normalized spacial score (nSPS) is 12.0. The van der Waals surface area contributed by atoms with Crippen molar-refractivity contribution in [1.29, 1.82) is 0 Å². The van der Waals surface area contributed by atoms with Gasteiger partial charge in [0.15, 0.2) is 0 Å². The van der Waals surface area contributed by atoms with Gasteiger partial charge in [-0.1, -0.05) is 56.3 Å². The van der Waals surface area contributed by atoms with E-state index in [1.54, 1.807) is 0 Å². The summed E-state index contributed by atoms with van der Waals surface area (Å²) in [6.45, 7) is 8.27. The molecule has 0 saturated carbocycles. The molecule has 116 valence electrons. The Labute approximate surface area is 132 Å². The number of aryl methyl sites for hydroxylation is 1. The molecule has 0 aliphatic carbocycles. The van der Waals surface area contributed by atoms with Crippen LogP contribution in [0.3, 0.4) is 0 Å². The highest BCUT2D eigenvalue weighted by molar-refractivity contribution is 5.90. The third kappa shape index (κ3) is 3.88. The standard InChI is InChI=1S/C19H24N2O/c1-13(2)18(16-10-6-5-7-11-16)21-19(22)20-17-12-8-9-14(3)15(17)4/h5-13,18H,1-4H3,(H2,20,21,22). The molecule has 0 radical (unpaired) electrons. The molecule has 3 nitrogen and oxygen atoms in total. The Hall–Kier alpha value is -2.29. The summed E-state index contributed by atoms with van der Waals surface area (Å²) in [5.41, 5.74) is 4.24. The first-order valence-corrected chi connectivity index (χ1v) is 7.67. The minimum atomic E-state index is -0.170. The van der Waals surface area contributed by atoms with Gasteiger partial charge < -0.3 is 10.6 Å². The van der Waals surface area contributed by atoms with Crippen LogP contribution in [-0.4, -0.2) is 6.03 Å². The van der Waals surface area contributed by atoms with Crippen LogP contribution in [0.2, 0.25) is 0 Å². The molecule has 0 aliphatic heterocycles. The fourth-order valence-electron chi connectivity index (χ4n) is 2.48. The minimum absolute atomic E-state index is 0.00804. The van der Waals surface area contributed by atoms with Gasteiger partial charge in [0.25, 0.3) is 0 Å². The molecule has 2 amide bonds. The van der Waals surface area contributed by atoms with Crippen molar-refractivity contribution in [2.45, 2.75) is 33.7 Å². The van der Waals surface area contributed by atoms with Crippen LogP contribution in [0.4, 0.5) is 10.5 Å². The largest absolute Gasteiger partial charge is 0.331 e. The number of carbonyl (C=O) groups is 1. The number of urea groups is 1. The molecule has 2 rings (SSSR count). The van der Waals surface area contributed by atoms with Crippen LogP contribution in [-0.2, 0) is 0 Å². The highest BCUT2D eigenvalue weighted by Crippen LogP contribution is 2.22. The van der Waals surface area contributed by atoms with E-state index in [2.05, 4.69) is 24.5 Å². The van der Waals surface area contributed by atoms with Gasteiger partial charge in [0.05, 0.1) is 6.04 Å². The average molecular weight is 296 g/mol. The van der Waals surface area contributed by atoms with Crippen molar-refractivity contribution in [3.8, 4) is 0 Å². The topological polar surface area (TPSA) is 41.1 Å². The SMILES string of the molecule is Cc1cccc(NC(=O)NC(c2ccccc2)C(C)C)c1C. The van der Waals surface area contributed by atoms with Crippen LogP contribution in [0, 0.1) is 19.8 Å². The average Bonchev–Trinajstić information content (AvgIpc) is 2.50. The predicted octanol–water partition coefficient (Wildman–Crippen LogP) is 4.82. The van der Waals surface area contributed by atoms with Crippen LogP contribution in [0.1, 0.15) is 36.6 Å². The Balaban J connectivity index is 2.11. The number of hydrogen-bond acceptors (Lipinski definition) is 1. The molecule has 2 N–H and O–H groups in total. The van der Waals surface area contributed by atoms with E-state index >= 15 is 0 Å². The van der Waals surface area contributed by atoms with E-state index in [0.717, 1.165) is 16.8 Å². The molecule has 0 fully saturated rings. The lowest BCUT2D eigenvalue weighted by atomic mass is 9.96. The monoisotopic (exact) mass is 296 g/mol. The van der Waals surface area contributed by atoms with E-state index in [9.17, 15) is 4.79 Å². The number of carbonyl (C=O) groups excluding carboxylic acids is 1. The molecule has 1 atom stereocenters. The lowest BCUT2D eigenvalue weighted by Gasteiger charge is -2.23. The molecule has 3 heteroatoms. The van der Waals surface area contributed by atoms with Gasteiger partial charge in [-0.2, -0.15) is 0 Å². The highest BCUT2D eigenvalue weighted by Gasteiger charge is 2.18. The summed E-state index contributed by atoms with van der Waals surface area (Å²) in [5, 5.41) is 6.03.